The number of benzene rings is 1. The van der Waals surface area contributed by atoms with Gasteiger partial charge in [-0.1, -0.05) is 29.8 Å². The number of carbonyl (C=O) groups excluding carboxylic acids is 1. The van der Waals surface area contributed by atoms with Crippen LogP contribution in [0.1, 0.15) is 40.6 Å². The first kappa shape index (κ1) is 15.4. The molecule has 0 aliphatic heterocycles. The Labute approximate surface area is 129 Å². The quantitative estimate of drug-likeness (QED) is 0.811. The van der Waals surface area contributed by atoms with Crippen LogP contribution in [0.2, 0.25) is 0 Å². The lowest BCUT2D eigenvalue weighted by Gasteiger charge is -2.05. The van der Waals surface area contributed by atoms with Crippen LogP contribution in [0.5, 0.6) is 0 Å². The largest absolute Gasteiger partial charge is 0.298 e. The summed E-state index contributed by atoms with van der Waals surface area (Å²) in [6.07, 6.45) is 2.05. The van der Waals surface area contributed by atoms with Crippen molar-refractivity contribution >= 4 is 17.1 Å². The van der Waals surface area contributed by atoms with Crippen LogP contribution in [-0.4, -0.2) is 10.8 Å². The number of ketones is 1. The second-order valence-electron chi connectivity index (χ2n) is 5.19. The summed E-state index contributed by atoms with van der Waals surface area (Å²) >= 11 is 1.39. The number of hydrogen-bond acceptors (Lipinski definition) is 4. The van der Waals surface area contributed by atoms with Crippen LogP contribution in [0.4, 0.5) is 0 Å². The average molecular weight is 298 g/mol. The third kappa shape index (κ3) is 4.24. The van der Waals surface area contributed by atoms with E-state index in [4.69, 9.17) is 0 Å². The van der Waals surface area contributed by atoms with Gasteiger partial charge in [-0.25, -0.2) is 4.98 Å². The molecule has 0 N–H and O–H groups in total. The number of aryl methyl sites for hydroxylation is 3. The van der Waals surface area contributed by atoms with Crippen LogP contribution in [0.3, 0.4) is 0 Å². The van der Waals surface area contributed by atoms with Gasteiger partial charge in [0.05, 0.1) is 6.07 Å². The molecule has 1 unspecified atom stereocenters. The van der Waals surface area contributed by atoms with E-state index in [-0.39, 0.29) is 5.78 Å². The van der Waals surface area contributed by atoms with Crippen molar-refractivity contribution in [2.45, 2.75) is 39.0 Å². The zero-order valence-corrected chi connectivity index (χ0v) is 13.1. The zero-order valence-electron chi connectivity index (χ0n) is 12.3. The molecule has 0 radical (unpaired) electrons. The SMILES string of the molecule is Cc1ccc(CCCC(=O)C(C#N)c2nc(C)cs2)cc1. The maximum absolute atomic E-state index is 12.2. The Morgan fingerprint density at radius 3 is 2.62 bits per heavy atom. The molecule has 1 aromatic heterocycles. The van der Waals surface area contributed by atoms with Gasteiger partial charge in [0.1, 0.15) is 5.01 Å². The van der Waals surface area contributed by atoms with Crippen molar-refractivity contribution in [2.24, 2.45) is 0 Å². The minimum atomic E-state index is -0.707. The maximum atomic E-state index is 12.2. The van der Waals surface area contributed by atoms with Gasteiger partial charge in [-0.2, -0.15) is 5.26 Å². The fourth-order valence-electron chi connectivity index (χ4n) is 2.14. The van der Waals surface area contributed by atoms with Crippen molar-refractivity contribution in [3.8, 4) is 6.07 Å². The molecule has 21 heavy (non-hydrogen) atoms. The first-order valence-corrected chi connectivity index (χ1v) is 7.88. The van der Waals surface area contributed by atoms with Crippen LogP contribution >= 0.6 is 11.3 Å². The lowest BCUT2D eigenvalue weighted by molar-refractivity contribution is -0.119. The third-order valence-corrected chi connectivity index (χ3v) is 4.37. The maximum Gasteiger partial charge on any atom is 0.156 e. The summed E-state index contributed by atoms with van der Waals surface area (Å²) in [7, 11) is 0. The van der Waals surface area contributed by atoms with Crippen molar-refractivity contribution in [1.29, 1.82) is 5.26 Å². The summed E-state index contributed by atoms with van der Waals surface area (Å²) < 4.78 is 0. The van der Waals surface area contributed by atoms with E-state index in [2.05, 4.69) is 42.2 Å². The Hall–Kier alpha value is -1.99. The predicted molar refractivity (Wildman–Crippen MR) is 84.3 cm³/mol. The highest BCUT2D eigenvalue weighted by Gasteiger charge is 2.22. The van der Waals surface area contributed by atoms with E-state index >= 15 is 0 Å². The summed E-state index contributed by atoms with van der Waals surface area (Å²) in [6.45, 7) is 3.93. The third-order valence-electron chi connectivity index (χ3n) is 3.34. The summed E-state index contributed by atoms with van der Waals surface area (Å²) in [4.78, 5) is 16.4. The van der Waals surface area contributed by atoms with Gasteiger partial charge >= 0.3 is 0 Å². The van der Waals surface area contributed by atoms with Crippen molar-refractivity contribution in [3.63, 3.8) is 0 Å². The number of carbonyl (C=O) groups is 1. The second kappa shape index (κ2) is 7.14. The minimum absolute atomic E-state index is 0.0287. The lowest BCUT2D eigenvalue weighted by atomic mass is 9.99. The number of rotatable bonds is 6. The molecule has 2 rings (SSSR count). The molecule has 0 fully saturated rings. The van der Waals surface area contributed by atoms with E-state index in [1.165, 1.54) is 22.5 Å². The molecule has 0 amide bonds. The summed E-state index contributed by atoms with van der Waals surface area (Å²) in [5.74, 6) is -0.735. The summed E-state index contributed by atoms with van der Waals surface area (Å²) in [5, 5.41) is 11.7. The minimum Gasteiger partial charge on any atom is -0.298 e. The molecular weight excluding hydrogens is 280 g/mol. The fourth-order valence-corrected chi connectivity index (χ4v) is 3.00. The number of thiazole rings is 1. The van der Waals surface area contributed by atoms with Crippen LogP contribution in [-0.2, 0) is 11.2 Å². The van der Waals surface area contributed by atoms with Gasteiger partial charge in [0.15, 0.2) is 11.7 Å². The Morgan fingerprint density at radius 2 is 2.05 bits per heavy atom. The van der Waals surface area contributed by atoms with E-state index in [0.717, 1.165) is 18.5 Å². The number of aromatic nitrogens is 1. The number of hydrogen-bond donors (Lipinski definition) is 0. The van der Waals surface area contributed by atoms with Crippen molar-refractivity contribution < 1.29 is 4.79 Å². The van der Waals surface area contributed by atoms with Gasteiger partial charge in [0.2, 0.25) is 0 Å². The number of nitrogens with zero attached hydrogens (tertiary/aromatic N) is 2. The van der Waals surface area contributed by atoms with Crippen molar-refractivity contribution in [1.82, 2.24) is 4.98 Å². The summed E-state index contributed by atoms with van der Waals surface area (Å²) in [6, 6.07) is 10.4. The van der Waals surface area contributed by atoms with E-state index < -0.39 is 5.92 Å². The monoisotopic (exact) mass is 298 g/mol. The van der Waals surface area contributed by atoms with Crippen molar-refractivity contribution in [2.75, 3.05) is 0 Å². The van der Waals surface area contributed by atoms with Gasteiger partial charge in [-0.15, -0.1) is 11.3 Å². The van der Waals surface area contributed by atoms with Crippen LogP contribution in [0.25, 0.3) is 0 Å². The molecule has 1 aromatic carbocycles. The molecule has 0 aliphatic carbocycles. The average Bonchev–Trinajstić information content (AvgIpc) is 2.88. The van der Waals surface area contributed by atoms with Crippen LogP contribution in [0.15, 0.2) is 29.6 Å². The van der Waals surface area contributed by atoms with E-state index in [1.54, 1.807) is 0 Å². The Kier molecular flexibility index (Phi) is 5.24. The van der Waals surface area contributed by atoms with E-state index in [9.17, 15) is 10.1 Å². The highest BCUT2D eigenvalue weighted by atomic mass is 32.1. The molecule has 0 saturated carbocycles. The van der Waals surface area contributed by atoms with Crippen LogP contribution < -0.4 is 0 Å². The molecule has 0 saturated heterocycles. The topological polar surface area (TPSA) is 53.8 Å². The van der Waals surface area contributed by atoms with Gasteiger partial charge < -0.3 is 0 Å². The summed E-state index contributed by atoms with van der Waals surface area (Å²) in [5.41, 5.74) is 3.33. The lowest BCUT2D eigenvalue weighted by Crippen LogP contribution is -2.11. The normalized spacial score (nSPS) is 11.9. The van der Waals surface area contributed by atoms with E-state index in [1.807, 2.05) is 12.3 Å². The number of nitriles is 1. The second-order valence-corrected chi connectivity index (χ2v) is 6.08. The molecule has 1 heterocycles. The molecule has 1 atom stereocenters. The van der Waals surface area contributed by atoms with Gasteiger partial charge in [-0.3, -0.25) is 4.79 Å². The highest BCUT2D eigenvalue weighted by Crippen LogP contribution is 2.22. The van der Waals surface area contributed by atoms with Gasteiger partial charge in [-0.05, 0) is 32.3 Å². The zero-order chi connectivity index (χ0) is 15.2. The van der Waals surface area contributed by atoms with Gasteiger partial charge in [0.25, 0.3) is 0 Å². The van der Waals surface area contributed by atoms with E-state index in [0.29, 0.717) is 11.4 Å². The first-order valence-electron chi connectivity index (χ1n) is 7.00. The molecule has 0 bridgehead atoms. The molecule has 0 spiro atoms. The fraction of sp³-hybridized carbons (Fsp3) is 0.353. The molecule has 3 nitrogen and oxygen atoms in total. The Balaban J connectivity index is 1.89. The standard InChI is InChI=1S/C17H18N2OS/c1-12-6-8-14(9-7-12)4-3-5-16(20)15(10-18)17-19-13(2)11-21-17/h6-9,11,15H,3-5H2,1-2H3. The smallest absolute Gasteiger partial charge is 0.156 e. The molecule has 0 aliphatic rings. The molecule has 4 heteroatoms. The van der Waals surface area contributed by atoms with Crippen molar-refractivity contribution in [3.05, 3.63) is 51.5 Å². The molecule has 108 valence electrons. The number of Topliss-reactive ketones (excluding diaryl/α,β-unsaturated/α-hetero) is 1. The van der Waals surface area contributed by atoms with Crippen LogP contribution in [0, 0.1) is 25.2 Å². The molecular formula is C17H18N2OS. The predicted octanol–water partition coefficient (Wildman–Crippen LogP) is 3.96. The molecule has 2 aromatic rings. The highest BCUT2D eigenvalue weighted by molar-refractivity contribution is 7.09. The first-order chi connectivity index (χ1) is 10.1. The van der Waals surface area contributed by atoms with Gasteiger partial charge in [0, 0.05) is 17.5 Å². The Morgan fingerprint density at radius 1 is 1.33 bits per heavy atom. The Bertz CT molecular complexity index is 652.